The Balaban J connectivity index is 1.45. The van der Waals surface area contributed by atoms with Crippen molar-refractivity contribution in [3.63, 3.8) is 0 Å². The average molecular weight is 508 g/mol. The highest BCUT2D eigenvalue weighted by atomic mass is 32.2. The van der Waals surface area contributed by atoms with Gasteiger partial charge in [-0.15, -0.1) is 0 Å². The number of hydroxylamine groups is 2. The van der Waals surface area contributed by atoms with E-state index in [1.807, 2.05) is 6.26 Å². The Hall–Kier alpha value is -1.94. The van der Waals surface area contributed by atoms with Crippen molar-refractivity contribution >= 4 is 29.9 Å². The first-order chi connectivity index (χ1) is 17.0. The lowest BCUT2D eigenvalue weighted by Gasteiger charge is -2.41. The molecule has 2 heterocycles. The highest BCUT2D eigenvalue weighted by molar-refractivity contribution is 7.98. The molecule has 1 aliphatic heterocycles. The Morgan fingerprint density at radius 3 is 2.63 bits per heavy atom. The molecule has 10 heteroatoms. The van der Waals surface area contributed by atoms with Crippen LogP contribution in [0.2, 0.25) is 0 Å². The van der Waals surface area contributed by atoms with Gasteiger partial charge in [0.1, 0.15) is 5.69 Å². The van der Waals surface area contributed by atoms with Crippen LogP contribution in [-0.2, 0) is 16.1 Å². The number of carbonyl (C=O) groups is 2. The summed E-state index contributed by atoms with van der Waals surface area (Å²) in [5, 5.41) is 13.5. The molecule has 8 nitrogen and oxygen atoms in total. The molecular formula is C25H38FN5O3S. The van der Waals surface area contributed by atoms with E-state index < -0.39 is 11.7 Å². The number of rotatable bonds is 10. The molecule has 2 saturated carbocycles. The fourth-order valence-corrected chi connectivity index (χ4v) is 6.55. The van der Waals surface area contributed by atoms with Gasteiger partial charge >= 0.3 is 0 Å². The number of nitrogens with zero attached hydrogens (tertiary/aromatic N) is 4. The molecule has 0 radical (unpaired) electrons. The molecule has 3 aliphatic rings. The molecule has 1 saturated heterocycles. The van der Waals surface area contributed by atoms with E-state index in [0.717, 1.165) is 51.1 Å². The predicted molar refractivity (Wildman–Crippen MR) is 133 cm³/mol. The third kappa shape index (κ3) is 6.64. The molecule has 2 N–H and O–H groups in total. The number of nitrogens with one attached hydrogen (secondary N) is 1. The summed E-state index contributed by atoms with van der Waals surface area (Å²) >= 11 is 1.36. The normalized spacial score (nSPS) is 23.6. The lowest BCUT2D eigenvalue weighted by atomic mass is 9.75. The van der Waals surface area contributed by atoms with Crippen LogP contribution in [0, 0.1) is 29.5 Å². The van der Waals surface area contributed by atoms with Gasteiger partial charge in [0, 0.05) is 13.1 Å². The van der Waals surface area contributed by atoms with Crippen molar-refractivity contribution in [3.8, 4) is 0 Å². The van der Waals surface area contributed by atoms with Gasteiger partial charge < -0.3 is 10.2 Å². The van der Waals surface area contributed by atoms with Crippen molar-refractivity contribution in [2.75, 3.05) is 30.8 Å². The van der Waals surface area contributed by atoms with Gasteiger partial charge in [0.25, 0.3) is 0 Å². The summed E-state index contributed by atoms with van der Waals surface area (Å²) in [5.41, 5.74) is 0.175. The average Bonchev–Trinajstić information content (AvgIpc) is 3.40. The van der Waals surface area contributed by atoms with Crippen molar-refractivity contribution in [2.45, 2.75) is 75.9 Å². The monoisotopic (exact) mass is 507 g/mol. The topological polar surface area (TPSA) is 98.7 Å². The number of hydrogen-bond donors (Lipinski definition) is 2. The van der Waals surface area contributed by atoms with E-state index in [-0.39, 0.29) is 24.7 Å². The Bertz CT molecular complexity index is 885. The van der Waals surface area contributed by atoms with E-state index in [9.17, 15) is 14.8 Å². The van der Waals surface area contributed by atoms with E-state index in [1.54, 1.807) is 0 Å². The molecule has 2 amide bonds. The number of aromatic nitrogens is 2. The van der Waals surface area contributed by atoms with Gasteiger partial charge in [-0.2, -0.15) is 0 Å². The highest BCUT2D eigenvalue weighted by Gasteiger charge is 2.33. The van der Waals surface area contributed by atoms with E-state index in [0.29, 0.717) is 40.7 Å². The number of piperidine rings is 1. The van der Waals surface area contributed by atoms with Gasteiger partial charge in [-0.05, 0) is 43.3 Å². The Kier molecular flexibility index (Phi) is 9.21. The molecule has 3 atom stereocenters. The number of halogens is 1. The molecule has 4 rings (SSSR count). The van der Waals surface area contributed by atoms with Crippen LogP contribution in [0.3, 0.4) is 0 Å². The number of carbonyl (C=O) groups excluding carboxylic acids is 2. The third-order valence-electron chi connectivity index (χ3n) is 8.08. The van der Waals surface area contributed by atoms with Crippen LogP contribution < -0.4 is 10.2 Å². The lowest BCUT2D eigenvalue weighted by Crippen LogP contribution is -2.43. The molecule has 35 heavy (non-hydrogen) atoms. The highest BCUT2D eigenvalue weighted by Crippen LogP contribution is 2.38. The third-order valence-corrected chi connectivity index (χ3v) is 8.63. The molecule has 2 aliphatic carbocycles. The molecule has 0 spiro atoms. The maximum atomic E-state index is 15.6. The van der Waals surface area contributed by atoms with Gasteiger partial charge in [0.15, 0.2) is 16.8 Å². The SMILES string of the molecule is CSc1nc(CNC(=O)[C@H](CC2CCCC2)CN(O)C=O)c(F)c(N2CCC3CCCCC3C2)n1. The maximum Gasteiger partial charge on any atom is 0.233 e. The summed E-state index contributed by atoms with van der Waals surface area (Å²) < 4.78 is 15.6. The smallest absolute Gasteiger partial charge is 0.233 e. The van der Waals surface area contributed by atoms with E-state index >= 15 is 4.39 Å². The Morgan fingerprint density at radius 1 is 1.20 bits per heavy atom. The van der Waals surface area contributed by atoms with Crippen LogP contribution >= 0.6 is 11.8 Å². The number of thioether (sulfide) groups is 1. The largest absolute Gasteiger partial charge is 0.354 e. The van der Waals surface area contributed by atoms with Crippen LogP contribution in [0.5, 0.6) is 0 Å². The number of hydrogen-bond acceptors (Lipinski definition) is 7. The zero-order valence-corrected chi connectivity index (χ0v) is 21.4. The molecule has 0 bridgehead atoms. The van der Waals surface area contributed by atoms with Crippen LogP contribution in [0.4, 0.5) is 10.2 Å². The van der Waals surface area contributed by atoms with Crippen molar-refractivity contribution in [3.05, 3.63) is 11.5 Å². The quantitative estimate of drug-likeness (QED) is 0.162. The van der Waals surface area contributed by atoms with Crippen molar-refractivity contribution in [2.24, 2.45) is 23.7 Å². The van der Waals surface area contributed by atoms with Gasteiger partial charge in [-0.1, -0.05) is 56.7 Å². The first-order valence-corrected chi connectivity index (χ1v) is 14.2. The summed E-state index contributed by atoms with van der Waals surface area (Å²) in [6.45, 7) is 1.48. The molecule has 1 aromatic rings. The van der Waals surface area contributed by atoms with Gasteiger partial charge in [0.05, 0.1) is 19.0 Å². The minimum atomic E-state index is -0.553. The number of anilines is 1. The second-order valence-corrected chi connectivity index (χ2v) is 11.1. The summed E-state index contributed by atoms with van der Waals surface area (Å²) in [7, 11) is 0. The van der Waals surface area contributed by atoms with E-state index in [4.69, 9.17) is 0 Å². The summed E-state index contributed by atoms with van der Waals surface area (Å²) in [4.78, 5) is 34.9. The Labute approximate surface area is 211 Å². The van der Waals surface area contributed by atoms with Crippen molar-refractivity contribution in [1.82, 2.24) is 20.3 Å². The standard InChI is InChI=1S/C25H38FN5O3S/c1-35-25-28-21(13-27-24(33)20(15-31(34)16-32)12-17-6-2-3-7-17)22(26)23(29-25)30-11-10-18-8-4-5-9-19(18)14-30/h16-20,34H,2-15H2,1H3,(H,27,33)/t18?,19?,20-/m1/s1. The first kappa shape index (κ1) is 26.1. The van der Waals surface area contributed by atoms with Crippen molar-refractivity contribution in [1.29, 1.82) is 0 Å². The van der Waals surface area contributed by atoms with Gasteiger partial charge in [-0.25, -0.2) is 19.4 Å². The van der Waals surface area contributed by atoms with Crippen LogP contribution in [0.1, 0.15) is 69.9 Å². The van der Waals surface area contributed by atoms with Crippen LogP contribution in [0.15, 0.2) is 5.16 Å². The zero-order chi connectivity index (χ0) is 24.8. The predicted octanol–water partition coefficient (Wildman–Crippen LogP) is 4.01. The second kappa shape index (κ2) is 12.3. The van der Waals surface area contributed by atoms with Crippen molar-refractivity contribution < 1.29 is 19.2 Å². The minimum absolute atomic E-state index is 0.0542. The first-order valence-electron chi connectivity index (χ1n) is 13.0. The minimum Gasteiger partial charge on any atom is -0.354 e. The number of fused-ring (bicyclic) bond motifs is 1. The summed E-state index contributed by atoms with van der Waals surface area (Å²) in [5.74, 6) is 0.735. The zero-order valence-electron chi connectivity index (χ0n) is 20.6. The Morgan fingerprint density at radius 2 is 1.91 bits per heavy atom. The van der Waals surface area contributed by atoms with Crippen LogP contribution in [-0.4, -0.2) is 58.4 Å². The second-order valence-electron chi connectivity index (χ2n) is 10.4. The van der Waals surface area contributed by atoms with Crippen LogP contribution in [0.25, 0.3) is 0 Å². The summed E-state index contributed by atoms with van der Waals surface area (Å²) in [6.07, 6.45) is 13.2. The fraction of sp³-hybridized carbons (Fsp3) is 0.760. The van der Waals surface area contributed by atoms with E-state index in [2.05, 4.69) is 20.2 Å². The molecular weight excluding hydrogens is 469 g/mol. The molecule has 3 fully saturated rings. The molecule has 0 aromatic carbocycles. The molecule has 194 valence electrons. The van der Waals surface area contributed by atoms with E-state index in [1.165, 1.54) is 37.4 Å². The lowest BCUT2D eigenvalue weighted by molar-refractivity contribution is -0.155. The molecule has 1 aromatic heterocycles. The molecule has 2 unspecified atom stereocenters. The number of amides is 2. The fourth-order valence-electron chi connectivity index (χ4n) is 6.17. The summed E-state index contributed by atoms with van der Waals surface area (Å²) in [6, 6.07) is 0. The maximum absolute atomic E-state index is 15.6. The van der Waals surface area contributed by atoms with Gasteiger partial charge in [0.2, 0.25) is 12.3 Å². The van der Waals surface area contributed by atoms with Gasteiger partial charge in [-0.3, -0.25) is 14.8 Å².